The standard InChI is InChI=1S/C24H21N3O2/c28-22(18-9-2-1-3-10-18)26-27-23(29)20-12-6-7-13-21(20)25-24(27)15-14-17-8-4-5-11-19(17)16-24/h1-13,25H,14-16H2,(H,26,28). The van der Waals surface area contributed by atoms with Crippen molar-refractivity contribution < 1.29 is 9.59 Å². The van der Waals surface area contributed by atoms with Crippen LogP contribution in [0.15, 0.2) is 78.9 Å². The number of aryl methyl sites for hydroxylation is 1. The minimum atomic E-state index is -0.704. The molecular formula is C24H21N3O2. The van der Waals surface area contributed by atoms with Gasteiger partial charge in [-0.3, -0.25) is 15.0 Å². The summed E-state index contributed by atoms with van der Waals surface area (Å²) in [6.07, 6.45) is 2.16. The van der Waals surface area contributed by atoms with Gasteiger partial charge in [-0.2, -0.15) is 0 Å². The third-order valence-corrected chi connectivity index (χ3v) is 5.81. The first-order valence-electron chi connectivity index (χ1n) is 9.81. The van der Waals surface area contributed by atoms with Crippen molar-refractivity contribution in [1.29, 1.82) is 0 Å². The fraction of sp³-hybridized carbons (Fsp3) is 0.167. The number of para-hydroxylation sites is 1. The number of hydrogen-bond donors (Lipinski definition) is 2. The van der Waals surface area contributed by atoms with Crippen molar-refractivity contribution in [3.05, 3.63) is 101 Å². The highest BCUT2D eigenvalue weighted by molar-refractivity contribution is 6.04. The van der Waals surface area contributed by atoms with Crippen LogP contribution in [0.3, 0.4) is 0 Å². The number of benzene rings is 3. The Morgan fingerprint density at radius 3 is 2.41 bits per heavy atom. The van der Waals surface area contributed by atoms with Gasteiger partial charge in [-0.15, -0.1) is 0 Å². The third-order valence-electron chi connectivity index (χ3n) is 5.81. The van der Waals surface area contributed by atoms with Gasteiger partial charge in [-0.1, -0.05) is 54.6 Å². The lowest BCUT2D eigenvalue weighted by Gasteiger charge is -2.50. The number of nitrogens with zero attached hydrogens (tertiary/aromatic N) is 1. The molecule has 5 heteroatoms. The molecule has 3 aromatic rings. The van der Waals surface area contributed by atoms with E-state index in [4.69, 9.17) is 0 Å². The number of hydrazine groups is 1. The summed E-state index contributed by atoms with van der Waals surface area (Å²) in [5.74, 6) is -0.485. The zero-order valence-electron chi connectivity index (χ0n) is 15.9. The molecule has 1 atom stereocenters. The molecule has 0 saturated carbocycles. The second-order valence-electron chi connectivity index (χ2n) is 7.60. The first kappa shape index (κ1) is 17.5. The maximum Gasteiger partial charge on any atom is 0.276 e. The molecule has 1 spiro atoms. The Balaban J connectivity index is 1.56. The molecule has 0 radical (unpaired) electrons. The molecule has 0 aromatic heterocycles. The Morgan fingerprint density at radius 2 is 1.59 bits per heavy atom. The second kappa shape index (κ2) is 6.78. The molecule has 1 unspecified atom stereocenters. The highest BCUT2D eigenvalue weighted by atomic mass is 16.2. The van der Waals surface area contributed by atoms with Crippen LogP contribution < -0.4 is 10.7 Å². The average Bonchev–Trinajstić information content (AvgIpc) is 2.77. The predicted molar refractivity (Wildman–Crippen MR) is 111 cm³/mol. The second-order valence-corrected chi connectivity index (χ2v) is 7.60. The maximum atomic E-state index is 13.4. The topological polar surface area (TPSA) is 61.4 Å². The fourth-order valence-corrected chi connectivity index (χ4v) is 4.33. The number of carbonyl (C=O) groups is 2. The smallest absolute Gasteiger partial charge is 0.276 e. The van der Waals surface area contributed by atoms with E-state index < -0.39 is 5.66 Å². The van der Waals surface area contributed by atoms with Crippen LogP contribution in [-0.2, 0) is 12.8 Å². The molecule has 1 heterocycles. The number of anilines is 1. The van der Waals surface area contributed by atoms with Crippen molar-refractivity contribution in [3.8, 4) is 0 Å². The Morgan fingerprint density at radius 1 is 0.897 bits per heavy atom. The first-order valence-corrected chi connectivity index (χ1v) is 9.81. The molecule has 1 aliphatic heterocycles. The lowest BCUT2D eigenvalue weighted by Crippen LogP contribution is -2.67. The van der Waals surface area contributed by atoms with Crippen molar-refractivity contribution in [1.82, 2.24) is 10.4 Å². The van der Waals surface area contributed by atoms with E-state index in [2.05, 4.69) is 22.9 Å². The van der Waals surface area contributed by atoms with Crippen molar-refractivity contribution >= 4 is 17.5 Å². The highest BCUT2D eigenvalue weighted by Gasteiger charge is 2.47. The predicted octanol–water partition coefficient (Wildman–Crippen LogP) is 3.78. The van der Waals surface area contributed by atoms with E-state index >= 15 is 0 Å². The van der Waals surface area contributed by atoms with Crippen molar-refractivity contribution in [2.45, 2.75) is 24.9 Å². The summed E-state index contributed by atoms with van der Waals surface area (Å²) in [6, 6.07) is 24.7. The van der Waals surface area contributed by atoms with Crippen molar-refractivity contribution in [3.63, 3.8) is 0 Å². The van der Waals surface area contributed by atoms with Crippen molar-refractivity contribution in [2.75, 3.05) is 5.32 Å². The molecule has 0 saturated heterocycles. The van der Waals surface area contributed by atoms with E-state index in [0.29, 0.717) is 24.0 Å². The molecule has 1 aliphatic carbocycles. The lowest BCUT2D eigenvalue weighted by molar-refractivity contribution is 0.0231. The molecule has 144 valence electrons. The fourth-order valence-electron chi connectivity index (χ4n) is 4.33. The van der Waals surface area contributed by atoms with Crippen LogP contribution in [0.5, 0.6) is 0 Å². The zero-order chi connectivity index (χ0) is 19.8. The van der Waals surface area contributed by atoms with Crippen LogP contribution in [0.1, 0.15) is 38.3 Å². The van der Waals surface area contributed by atoms with Gasteiger partial charge in [0.1, 0.15) is 5.66 Å². The van der Waals surface area contributed by atoms with Gasteiger partial charge in [0.25, 0.3) is 11.8 Å². The number of carbonyl (C=O) groups excluding carboxylic acids is 2. The molecule has 2 N–H and O–H groups in total. The van der Waals surface area contributed by atoms with Gasteiger partial charge < -0.3 is 5.32 Å². The molecule has 0 bridgehead atoms. The summed E-state index contributed by atoms with van der Waals surface area (Å²) in [7, 11) is 0. The third kappa shape index (κ3) is 2.95. The van der Waals surface area contributed by atoms with Crippen LogP contribution in [0.2, 0.25) is 0 Å². The summed E-state index contributed by atoms with van der Waals surface area (Å²) >= 11 is 0. The summed E-state index contributed by atoms with van der Waals surface area (Å²) in [4.78, 5) is 26.3. The monoisotopic (exact) mass is 383 g/mol. The first-order chi connectivity index (χ1) is 14.2. The van der Waals surface area contributed by atoms with E-state index in [0.717, 1.165) is 12.1 Å². The molecule has 3 aromatic carbocycles. The van der Waals surface area contributed by atoms with E-state index in [1.54, 1.807) is 18.2 Å². The number of fused-ring (bicyclic) bond motifs is 2. The Bertz CT molecular complexity index is 1100. The van der Waals surface area contributed by atoms with E-state index in [1.165, 1.54) is 16.1 Å². The van der Waals surface area contributed by atoms with E-state index in [-0.39, 0.29) is 11.8 Å². The molecule has 2 aliphatic rings. The number of nitrogens with one attached hydrogen (secondary N) is 2. The maximum absolute atomic E-state index is 13.4. The Labute approximate surface area is 169 Å². The molecule has 29 heavy (non-hydrogen) atoms. The highest BCUT2D eigenvalue weighted by Crippen LogP contribution is 2.39. The van der Waals surface area contributed by atoms with Gasteiger partial charge in [0.05, 0.1) is 5.56 Å². The SMILES string of the molecule is O=C(NN1C(=O)c2ccccc2NC12CCc1ccccc1C2)c1ccccc1. The van der Waals surface area contributed by atoms with Gasteiger partial charge in [0.15, 0.2) is 0 Å². The van der Waals surface area contributed by atoms with Crippen LogP contribution in [0, 0.1) is 0 Å². The Hall–Kier alpha value is -3.60. The van der Waals surface area contributed by atoms with Crippen LogP contribution in [0.25, 0.3) is 0 Å². The molecule has 5 rings (SSSR count). The van der Waals surface area contributed by atoms with Gasteiger partial charge in [0, 0.05) is 17.7 Å². The van der Waals surface area contributed by atoms with Crippen LogP contribution >= 0.6 is 0 Å². The minimum absolute atomic E-state index is 0.192. The number of hydrogen-bond acceptors (Lipinski definition) is 3. The Kier molecular flexibility index (Phi) is 4.09. The normalized spacial score (nSPS) is 19.9. The van der Waals surface area contributed by atoms with E-state index in [1.807, 2.05) is 48.5 Å². The van der Waals surface area contributed by atoms with Gasteiger partial charge in [-0.25, -0.2) is 5.01 Å². The molecule has 0 fully saturated rings. The van der Waals surface area contributed by atoms with Gasteiger partial charge >= 0.3 is 0 Å². The van der Waals surface area contributed by atoms with Gasteiger partial charge in [-0.05, 0) is 48.2 Å². The molecule has 5 nitrogen and oxygen atoms in total. The summed E-state index contributed by atoms with van der Waals surface area (Å²) in [5.41, 5.74) is 6.57. The summed E-state index contributed by atoms with van der Waals surface area (Å²) in [6.45, 7) is 0. The van der Waals surface area contributed by atoms with Crippen LogP contribution in [0.4, 0.5) is 5.69 Å². The van der Waals surface area contributed by atoms with E-state index in [9.17, 15) is 9.59 Å². The zero-order valence-corrected chi connectivity index (χ0v) is 15.9. The summed E-state index contributed by atoms with van der Waals surface area (Å²) in [5, 5.41) is 5.10. The molecule has 2 amide bonds. The number of rotatable bonds is 2. The van der Waals surface area contributed by atoms with Crippen LogP contribution in [-0.4, -0.2) is 22.5 Å². The minimum Gasteiger partial charge on any atom is -0.360 e. The molecular weight excluding hydrogens is 362 g/mol. The average molecular weight is 383 g/mol. The van der Waals surface area contributed by atoms with Crippen molar-refractivity contribution in [2.24, 2.45) is 0 Å². The summed E-state index contributed by atoms with van der Waals surface area (Å²) < 4.78 is 0. The quantitative estimate of drug-likeness (QED) is 0.708. The van der Waals surface area contributed by atoms with Gasteiger partial charge in [0.2, 0.25) is 0 Å². The largest absolute Gasteiger partial charge is 0.360 e. The lowest BCUT2D eigenvalue weighted by atomic mass is 9.81. The number of amides is 2.